The summed E-state index contributed by atoms with van der Waals surface area (Å²) in [6, 6.07) is 6.83. The Balaban J connectivity index is 2.15. The fraction of sp³-hybridized carbons (Fsp3) is 0.250. The number of aromatic nitrogens is 1. The van der Waals surface area contributed by atoms with Gasteiger partial charge >= 0.3 is 5.69 Å². The Hall–Kier alpha value is -1.66. The normalized spacial score (nSPS) is 10.4. The van der Waals surface area contributed by atoms with Crippen LogP contribution in [0.3, 0.4) is 0 Å². The van der Waals surface area contributed by atoms with E-state index in [0.29, 0.717) is 12.4 Å². The van der Waals surface area contributed by atoms with Gasteiger partial charge in [0.15, 0.2) is 0 Å². The first-order chi connectivity index (χ1) is 9.08. The third kappa shape index (κ3) is 3.42. The van der Waals surface area contributed by atoms with Crippen LogP contribution in [0.15, 0.2) is 29.6 Å². The lowest BCUT2D eigenvalue weighted by Gasteiger charge is -2.17. The molecule has 2 rings (SSSR count). The Bertz CT molecular complexity index is 574. The predicted octanol–water partition coefficient (Wildman–Crippen LogP) is 3.38. The van der Waals surface area contributed by atoms with Crippen molar-refractivity contribution in [3.63, 3.8) is 0 Å². The first kappa shape index (κ1) is 13.8. The first-order valence-corrected chi connectivity index (χ1v) is 6.88. The van der Waals surface area contributed by atoms with Crippen molar-refractivity contribution in [1.29, 1.82) is 0 Å². The van der Waals surface area contributed by atoms with E-state index in [1.165, 1.54) is 17.0 Å². The van der Waals surface area contributed by atoms with Crippen molar-refractivity contribution in [3.8, 4) is 0 Å². The molecule has 5 nitrogen and oxygen atoms in total. The molecule has 0 spiro atoms. The van der Waals surface area contributed by atoms with Gasteiger partial charge < -0.3 is 4.90 Å². The molecule has 0 fully saturated rings. The molecule has 0 aliphatic carbocycles. The second-order valence-corrected chi connectivity index (χ2v) is 5.40. The van der Waals surface area contributed by atoms with E-state index >= 15 is 0 Å². The maximum atomic E-state index is 11.0. The van der Waals surface area contributed by atoms with Crippen molar-refractivity contribution in [2.24, 2.45) is 0 Å². The number of pyridine rings is 1. The molecule has 0 N–H and O–H groups in total. The maximum absolute atomic E-state index is 11.0. The smallest absolute Gasteiger partial charge is 0.311 e. The summed E-state index contributed by atoms with van der Waals surface area (Å²) >= 11 is 7.47. The Labute approximate surface area is 119 Å². The zero-order valence-corrected chi connectivity index (χ0v) is 11.8. The van der Waals surface area contributed by atoms with E-state index < -0.39 is 4.92 Å². The van der Waals surface area contributed by atoms with Crippen LogP contribution in [0.25, 0.3) is 0 Å². The molecule has 0 saturated heterocycles. The molecule has 0 aromatic carbocycles. The van der Waals surface area contributed by atoms with Gasteiger partial charge in [0.05, 0.1) is 4.92 Å². The topological polar surface area (TPSA) is 59.3 Å². The van der Waals surface area contributed by atoms with Gasteiger partial charge in [-0.15, -0.1) is 11.3 Å². The van der Waals surface area contributed by atoms with Gasteiger partial charge in [-0.3, -0.25) is 10.1 Å². The van der Waals surface area contributed by atoms with Gasteiger partial charge in [0.1, 0.15) is 5.15 Å². The summed E-state index contributed by atoms with van der Waals surface area (Å²) in [7, 11) is 1.78. The maximum Gasteiger partial charge on any atom is 0.311 e. The highest BCUT2D eigenvalue weighted by molar-refractivity contribution is 7.09. The lowest BCUT2D eigenvalue weighted by molar-refractivity contribution is -0.384. The summed E-state index contributed by atoms with van der Waals surface area (Å²) in [6.07, 6.45) is 0.819. The number of thiophene rings is 1. The molecule has 19 heavy (non-hydrogen) atoms. The summed E-state index contributed by atoms with van der Waals surface area (Å²) in [6.45, 7) is 0.648. The molecule has 0 unspecified atom stereocenters. The number of anilines is 1. The average Bonchev–Trinajstić information content (AvgIpc) is 2.88. The molecule has 0 aliphatic rings. The van der Waals surface area contributed by atoms with E-state index in [4.69, 9.17) is 11.6 Å². The number of hydrogen-bond acceptors (Lipinski definition) is 5. The summed E-state index contributed by atoms with van der Waals surface area (Å²) in [4.78, 5) is 17.6. The molecule has 2 aromatic rings. The summed E-state index contributed by atoms with van der Waals surface area (Å²) in [5.74, 6) is 0.300. The molecule has 100 valence electrons. The van der Waals surface area contributed by atoms with Crippen LogP contribution in [0.4, 0.5) is 11.5 Å². The summed E-state index contributed by atoms with van der Waals surface area (Å²) in [5.41, 5.74) is -0.0296. The van der Waals surface area contributed by atoms with Gasteiger partial charge in [-0.1, -0.05) is 17.7 Å². The number of likely N-dealkylation sites (N-methyl/N-ethyl adjacent to an activating group) is 1. The number of nitro groups is 1. The molecule has 0 radical (unpaired) electrons. The zero-order valence-electron chi connectivity index (χ0n) is 10.2. The van der Waals surface area contributed by atoms with E-state index in [-0.39, 0.29) is 10.8 Å². The summed E-state index contributed by atoms with van der Waals surface area (Å²) < 4.78 is 0. The highest BCUT2D eigenvalue weighted by atomic mass is 35.5. The van der Waals surface area contributed by atoms with Gasteiger partial charge in [-0.2, -0.15) is 0 Å². The van der Waals surface area contributed by atoms with Crippen molar-refractivity contribution >= 4 is 34.4 Å². The number of rotatable bonds is 5. The van der Waals surface area contributed by atoms with Gasteiger partial charge in [-0.25, -0.2) is 4.98 Å². The van der Waals surface area contributed by atoms with Crippen LogP contribution < -0.4 is 4.90 Å². The van der Waals surface area contributed by atoms with E-state index in [9.17, 15) is 10.1 Å². The van der Waals surface area contributed by atoms with E-state index in [0.717, 1.165) is 6.42 Å². The van der Waals surface area contributed by atoms with E-state index in [1.807, 2.05) is 17.5 Å². The van der Waals surface area contributed by atoms with Crippen LogP contribution in [0.5, 0.6) is 0 Å². The number of hydrogen-bond donors (Lipinski definition) is 0. The van der Waals surface area contributed by atoms with Gasteiger partial charge in [0.2, 0.25) is 5.82 Å². The molecule has 0 aliphatic heterocycles. The SMILES string of the molecule is CN(CCc1cccs1)c1nc(Cl)ccc1[N+](=O)[O-]. The predicted molar refractivity (Wildman–Crippen MR) is 77.2 cm³/mol. The van der Waals surface area contributed by atoms with Crippen LogP contribution in [0, 0.1) is 10.1 Å². The minimum absolute atomic E-state index is 0.0296. The van der Waals surface area contributed by atoms with Gasteiger partial charge in [-0.05, 0) is 23.9 Å². The second kappa shape index (κ2) is 5.99. The van der Waals surface area contributed by atoms with Crippen molar-refractivity contribution in [2.45, 2.75) is 6.42 Å². The van der Waals surface area contributed by atoms with Crippen LogP contribution in [0.2, 0.25) is 5.15 Å². The second-order valence-electron chi connectivity index (χ2n) is 3.98. The Morgan fingerprint density at radius 2 is 2.26 bits per heavy atom. The first-order valence-electron chi connectivity index (χ1n) is 5.62. The molecule has 0 atom stereocenters. The van der Waals surface area contributed by atoms with Crippen molar-refractivity contribution < 1.29 is 4.92 Å². The standard InChI is InChI=1S/C12H12ClN3O2S/c1-15(7-6-9-3-2-8-19-9)12-10(16(17)18)4-5-11(13)14-12/h2-5,8H,6-7H2,1H3. The van der Waals surface area contributed by atoms with Crippen LogP contribution >= 0.6 is 22.9 Å². The van der Waals surface area contributed by atoms with Crippen molar-refractivity contribution in [1.82, 2.24) is 4.98 Å². The molecule has 0 saturated carbocycles. The molecular weight excluding hydrogens is 286 g/mol. The van der Waals surface area contributed by atoms with Gasteiger partial charge in [0, 0.05) is 24.5 Å². The Kier molecular flexibility index (Phi) is 4.34. The van der Waals surface area contributed by atoms with Crippen LogP contribution in [-0.2, 0) is 6.42 Å². The lowest BCUT2D eigenvalue weighted by atomic mass is 10.3. The minimum Gasteiger partial charge on any atom is -0.354 e. The Morgan fingerprint density at radius 3 is 2.89 bits per heavy atom. The van der Waals surface area contributed by atoms with E-state index in [2.05, 4.69) is 4.98 Å². The quantitative estimate of drug-likeness (QED) is 0.482. The summed E-state index contributed by atoms with van der Waals surface area (Å²) in [5, 5.41) is 13.2. The monoisotopic (exact) mass is 297 g/mol. The highest BCUT2D eigenvalue weighted by Gasteiger charge is 2.19. The minimum atomic E-state index is -0.444. The van der Waals surface area contributed by atoms with Crippen LogP contribution in [-0.4, -0.2) is 23.5 Å². The lowest BCUT2D eigenvalue weighted by Crippen LogP contribution is -2.22. The molecule has 2 aromatic heterocycles. The molecular formula is C12H12ClN3O2S. The third-order valence-corrected chi connectivity index (χ3v) is 3.80. The zero-order chi connectivity index (χ0) is 13.8. The van der Waals surface area contributed by atoms with Crippen molar-refractivity contribution in [3.05, 3.63) is 49.8 Å². The largest absolute Gasteiger partial charge is 0.354 e. The molecule has 7 heteroatoms. The fourth-order valence-corrected chi connectivity index (χ4v) is 2.52. The third-order valence-electron chi connectivity index (χ3n) is 2.65. The number of halogens is 1. The number of nitrogens with zero attached hydrogens (tertiary/aromatic N) is 3. The van der Waals surface area contributed by atoms with Gasteiger partial charge in [0.25, 0.3) is 0 Å². The fourth-order valence-electron chi connectivity index (χ4n) is 1.68. The average molecular weight is 298 g/mol. The van der Waals surface area contributed by atoms with E-state index in [1.54, 1.807) is 23.3 Å². The molecule has 0 bridgehead atoms. The van der Waals surface area contributed by atoms with Crippen molar-refractivity contribution in [2.75, 3.05) is 18.5 Å². The molecule has 0 amide bonds. The van der Waals surface area contributed by atoms with Crippen LogP contribution in [0.1, 0.15) is 4.88 Å². The molecule has 2 heterocycles. The Morgan fingerprint density at radius 1 is 1.47 bits per heavy atom. The highest BCUT2D eigenvalue weighted by Crippen LogP contribution is 2.27.